The van der Waals surface area contributed by atoms with Crippen LogP contribution in [0, 0.1) is 11.7 Å². The number of alkyl halides is 3. The second-order valence-corrected chi connectivity index (χ2v) is 4.18. The summed E-state index contributed by atoms with van der Waals surface area (Å²) in [7, 11) is 0. The summed E-state index contributed by atoms with van der Waals surface area (Å²) in [6, 6.07) is 3.58. The van der Waals surface area contributed by atoms with Crippen LogP contribution in [0.1, 0.15) is 12.0 Å². The minimum atomic E-state index is -4.31. The van der Waals surface area contributed by atoms with Gasteiger partial charge in [-0.3, -0.25) is 0 Å². The number of nitrogens with two attached hydrogens (primary N) is 1. The molecule has 0 saturated carbocycles. The van der Waals surface area contributed by atoms with Gasteiger partial charge in [-0.25, -0.2) is 4.39 Å². The van der Waals surface area contributed by atoms with Crippen molar-refractivity contribution in [3.63, 3.8) is 0 Å². The lowest BCUT2D eigenvalue weighted by molar-refractivity contribution is -0.175. The standard InChI is InChI=1S/C11H12ClF4N/c12-9-6-7(1-2-10(9)13)5-8(3-4-17)11(14,15)16/h1-2,6,8H,3-5,17H2. The molecule has 0 radical (unpaired) electrons. The molecule has 0 aliphatic carbocycles. The minimum absolute atomic E-state index is 0.0426. The smallest absolute Gasteiger partial charge is 0.330 e. The van der Waals surface area contributed by atoms with Gasteiger partial charge in [-0.05, 0) is 37.1 Å². The molecule has 0 aliphatic rings. The van der Waals surface area contributed by atoms with Crippen LogP contribution in [0.5, 0.6) is 0 Å². The van der Waals surface area contributed by atoms with E-state index in [1.54, 1.807) is 0 Å². The molecule has 6 heteroatoms. The summed E-state index contributed by atoms with van der Waals surface area (Å²) in [5.74, 6) is -2.16. The zero-order valence-corrected chi connectivity index (χ0v) is 9.65. The zero-order valence-electron chi connectivity index (χ0n) is 8.90. The van der Waals surface area contributed by atoms with Crippen LogP contribution in [-0.4, -0.2) is 12.7 Å². The van der Waals surface area contributed by atoms with Gasteiger partial charge in [-0.15, -0.1) is 0 Å². The fraction of sp³-hybridized carbons (Fsp3) is 0.455. The maximum Gasteiger partial charge on any atom is 0.392 e. The number of benzene rings is 1. The maximum atomic E-state index is 12.8. The number of hydrogen-bond acceptors (Lipinski definition) is 1. The average Bonchev–Trinajstić information content (AvgIpc) is 2.21. The van der Waals surface area contributed by atoms with Crippen molar-refractivity contribution in [1.29, 1.82) is 0 Å². The fourth-order valence-corrected chi connectivity index (χ4v) is 1.74. The molecule has 0 amide bonds. The van der Waals surface area contributed by atoms with E-state index in [-0.39, 0.29) is 24.4 Å². The number of rotatable bonds is 4. The lowest BCUT2D eigenvalue weighted by Crippen LogP contribution is -2.27. The summed E-state index contributed by atoms with van der Waals surface area (Å²) in [5, 5.41) is -0.170. The van der Waals surface area contributed by atoms with Crippen molar-refractivity contribution < 1.29 is 17.6 Å². The molecule has 1 unspecified atom stereocenters. The van der Waals surface area contributed by atoms with Gasteiger partial charge in [0.05, 0.1) is 10.9 Å². The monoisotopic (exact) mass is 269 g/mol. The summed E-state index contributed by atoms with van der Waals surface area (Å²) < 4.78 is 50.7. The van der Waals surface area contributed by atoms with Crippen molar-refractivity contribution in [2.75, 3.05) is 6.54 Å². The highest BCUT2D eigenvalue weighted by atomic mass is 35.5. The van der Waals surface area contributed by atoms with E-state index in [1.807, 2.05) is 0 Å². The topological polar surface area (TPSA) is 26.0 Å². The molecule has 0 heterocycles. The van der Waals surface area contributed by atoms with Crippen molar-refractivity contribution in [3.05, 3.63) is 34.6 Å². The van der Waals surface area contributed by atoms with Crippen LogP contribution in [0.15, 0.2) is 18.2 Å². The molecule has 17 heavy (non-hydrogen) atoms. The van der Waals surface area contributed by atoms with Crippen molar-refractivity contribution in [2.45, 2.75) is 19.0 Å². The fourth-order valence-electron chi connectivity index (χ4n) is 1.53. The molecular weight excluding hydrogens is 258 g/mol. The Labute approximate surface area is 102 Å². The van der Waals surface area contributed by atoms with Gasteiger partial charge in [0.15, 0.2) is 0 Å². The van der Waals surface area contributed by atoms with E-state index < -0.39 is 17.9 Å². The van der Waals surface area contributed by atoms with E-state index >= 15 is 0 Å². The van der Waals surface area contributed by atoms with Crippen molar-refractivity contribution in [3.8, 4) is 0 Å². The zero-order chi connectivity index (χ0) is 13.1. The third kappa shape index (κ3) is 4.16. The Balaban J connectivity index is 2.82. The SMILES string of the molecule is NCCC(Cc1ccc(F)c(Cl)c1)C(F)(F)F. The van der Waals surface area contributed by atoms with E-state index in [1.165, 1.54) is 12.1 Å². The highest BCUT2D eigenvalue weighted by molar-refractivity contribution is 6.30. The summed E-state index contributed by atoms with van der Waals surface area (Å²) >= 11 is 5.51. The quantitative estimate of drug-likeness (QED) is 0.831. The highest BCUT2D eigenvalue weighted by Crippen LogP contribution is 2.32. The molecular formula is C11H12ClF4N. The van der Waals surface area contributed by atoms with E-state index in [0.717, 1.165) is 6.07 Å². The molecule has 1 aromatic carbocycles. The van der Waals surface area contributed by atoms with Crippen LogP contribution in [0.3, 0.4) is 0 Å². The van der Waals surface area contributed by atoms with E-state index in [0.29, 0.717) is 5.56 Å². The minimum Gasteiger partial charge on any atom is -0.330 e. The molecule has 1 atom stereocenters. The summed E-state index contributed by atoms with van der Waals surface area (Å²) in [5.41, 5.74) is 5.50. The lowest BCUT2D eigenvalue weighted by atomic mass is 9.95. The molecule has 0 saturated heterocycles. The largest absolute Gasteiger partial charge is 0.392 e. The molecule has 96 valence electrons. The van der Waals surface area contributed by atoms with Crippen molar-refractivity contribution in [2.24, 2.45) is 11.7 Å². The molecule has 0 spiro atoms. The molecule has 0 fully saturated rings. The summed E-state index contributed by atoms with van der Waals surface area (Å²) in [6.45, 7) is -0.0426. The van der Waals surface area contributed by atoms with E-state index in [4.69, 9.17) is 17.3 Å². The molecule has 1 nitrogen and oxygen atoms in total. The Morgan fingerprint density at radius 2 is 1.94 bits per heavy atom. The first-order valence-corrected chi connectivity index (χ1v) is 5.43. The van der Waals surface area contributed by atoms with Crippen LogP contribution in [0.4, 0.5) is 17.6 Å². The van der Waals surface area contributed by atoms with Gasteiger partial charge in [0, 0.05) is 0 Å². The van der Waals surface area contributed by atoms with Crippen LogP contribution >= 0.6 is 11.6 Å². The molecule has 0 aliphatic heterocycles. The van der Waals surface area contributed by atoms with Crippen molar-refractivity contribution >= 4 is 11.6 Å². The van der Waals surface area contributed by atoms with E-state index in [9.17, 15) is 17.6 Å². The van der Waals surface area contributed by atoms with Gasteiger partial charge in [-0.1, -0.05) is 17.7 Å². The summed E-state index contributed by atoms with van der Waals surface area (Å²) in [6.07, 6.45) is -4.70. The number of halogens is 5. The predicted octanol–water partition coefficient (Wildman–Crippen LogP) is 3.55. The van der Waals surface area contributed by atoms with Gasteiger partial charge in [0.25, 0.3) is 0 Å². The first kappa shape index (κ1) is 14.3. The maximum absolute atomic E-state index is 12.8. The first-order chi connectivity index (χ1) is 7.84. The van der Waals surface area contributed by atoms with Crippen LogP contribution in [0.25, 0.3) is 0 Å². The Morgan fingerprint density at radius 1 is 1.29 bits per heavy atom. The Hall–Kier alpha value is -0.810. The van der Waals surface area contributed by atoms with Gasteiger partial charge in [-0.2, -0.15) is 13.2 Å². The Bertz CT molecular complexity index is 378. The third-order valence-electron chi connectivity index (χ3n) is 2.44. The predicted molar refractivity (Wildman–Crippen MR) is 58.3 cm³/mol. The number of hydrogen-bond donors (Lipinski definition) is 1. The average molecular weight is 270 g/mol. The lowest BCUT2D eigenvalue weighted by Gasteiger charge is -2.19. The molecule has 1 rings (SSSR count). The second kappa shape index (κ2) is 5.69. The second-order valence-electron chi connectivity index (χ2n) is 3.77. The molecule has 0 bridgehead atoms. The van der Waals surface area contributed by atoms with E-state index in [2.05, 4.69) is 0 Å². The van der Waals surface area contributed by atoms with Gasteiger partial charge in [0.1, 0.15) is 5.82 Å². The normalized spacial score (nSPS) is 13.8. The van der Waals surface area contributed by atoms with Crippen molar-refractivity contribution in [1.82, 2.24) is 0 Å². The first-order valence-electron chi connectivity index (χ1n) is 5.05. The van der Waals surface area contributed by atoms with Gasteiger partial charge in [0.2, 0.25) is 0 Å². The highest BCUT2D eigenvalue weighted by Gasteiger charge is 2.38. The Kier molecular flexibility index (Phi) is 4.77. The van der Waals surface area contributed by atoms with Crippen LogP contribution in [-0.2, 0) is 6.42 Å². The van der Waals surface area contributed by atoms with Gasteiger partial charge < -0.3 is 5.73 Å². The summed E-state index contributed by atoms with van der Waals surface area (Å²) in [4.78, 5) is 0. The third-order valence-corrected chi connectivity index (χ3v) is 2.73. The molecule has 2 N–H and O–H groups in total. The Morgan fingerprint density at radius 3 is 2.41 bits per heavy atom. The van der Waals surface area contributed by atoms with Gasteiger partial charge >= 0.3 is 6.18 Å². The van der Waals surface area contributed by atoms with Crippen LogP contribution < -0.4 is 5.73 Å². The van der Waals surface area contributed by atoms with Crippen LogP contribution in [0.2, 0.25) is 5.02 Å². The molecule has 0 aromatic heterocycles. The molecule has 1 aromatic rings.